The number of carbonyl (C=O) groups excluding carboxylic acids is 1. The summed E-state index contributed by atoms with van der Waals surface area (Å²) >= 11 is 0. The number of ether oxygens (including phenoxy) is 1. The molecule has 1 amide bonds. The summed E-state index contributed by atoms with van der Waals surface area (Å²) in [6, 6.07) is 6.06. The van der Waals surface area contributed by atoms with Crippen molar-refractivity contribution in [2.75, 3.05) is 6.61 Å². The van der Waals surface area contributed by atoms with E-state index >= 15 is 0 Å². The third-order valence-electron chi connectivity index (χ3n) is 3.33. The molecule has 3 N–H and O–H groups in total. The largest absolute Gasteiger partial charge is 0.493 e. The standard InChI is InChI=1S/C15H22N2O2/c1-10-6-7-13-11(9-10)12(5-4-8-19-13)17-14(18)15(2,3)16/h6-7,9,12H,4-5,8,16H2,1-3H3,(H,17,18). The lowest BCUT2D eigenvalue weighted by molar-refractivity contribution is -0.126. The molecule has 2 rings (SSSR count). The van der Waals surface area contributed by atoms with E-state index in [1.807, 2.05) is 19.1 Å². The highest BCUT2D eigenvalue weighted by atomic mass is 16.5. The highest BCUT2D eigenvalue weighted by Gasteiger charge is 2.27. The number of rotatable bonds is 2. The smallest absolute Gasteiger partial charge is 0.239 e. The Morgan fingerprint density at radius 3 is 2.89 bits per heavy atom. The van der Waals surface area contributed by atoms with Gasteiger partial charge in [0.2, 0.25) is 5.91 Å². The van der Waals surface area contributed by atoms with Crippen molar-refractivity contribution < 1.29 is 9.53 Å². The van der Waals surface area contributed by atoms with E-state index in [0.717, 1.165) is 29.7 Å². The fraction of sp³-hybridized carbons (Fsp3) is 0.533. The van der Waals surface area contributed by atoms with Crippen molar-refractivity contribution >= 4 is 5.91 Å². The lowest BCUT2D eigenvalue weighted by Gasteiger charge is -2.24. The van der Waals surface area contributed by atoms with E-state index in [-0.39, 0.29) is 11.9 Å². The number of hydrogen-bond acceptors (Lipinski definition) is 3. The summed E-state index contributed by atoms with van der Waals surface area (Å²) in [5, 5.41) is 3.04. The lowest BCUT2D eigenvalue weighted by atomic mass is 9.98. The van der Waals surface area contributed by atoms with Gasteiger partial charge < -0.3 is 15.8 Å². The molecule has 0 saturated carbocycles. The maximum atomic E-state index is 12.1. The quantitative estimate of drug-likeness (QED) is 0.857. The van der Waals surface area contributed by atoms with Crippen LogP contribution in [0.15, 0.2) is 18.2 Å². The second-order valence-corrected chi connectivity index (χ2v) is 5.78. The number of hydrogen-bond donors (Lipinski definition) is 2. The summed E-state index contributed by atoms with van der Waals surface area (Å²) in [5.41, 5.74) is 7.19. The average Bonchev–Trinajstić information content (AvgIpc) is 2.51. The van der Waals surface area contributed by atoms with Gasteiger partial charge in [0.05, 0.1) is 18.2 Å². The van der Waals surface area contributed by atoms with Crippen LogP contribution in [0.4, 0.5) is 0 Å². The van der Waals surface area contributed by atoms with Gasteiger partial charge in [-0.25, -0.2) is 0 Å². The third kappa shape index (κ3) is 3.26. The Balaban J connectivity index is 2.27. The van der Waals surface area contributed by atoms with Gasteiger partial charge in [-0.05, 0) is 39.7 Å². The highest BCUT2D eigenvalue weighted by Crippen LogP contribution is 2.32. The molecule has 1 aliphatic heterocycles. The van der Waals surface area contributed by atoms with Crippen molar-refractivity contribution in [1.82, 2.24) is 5.32 Å². The number of nitrogens with one attached hydrogen (secondary N) is 1. The first-order valence-corrected chi connectivity index (χ1v) is 6.71. The number of aryl methyl sites for hydroxylation is 1. The summed E-state index contributed by atoms with van der Waals surface area (Å²) in [6.07, 6.45) is 1.79. The zero-order valence-corrected chi connectivity index (χ0v) is 11.8. The molecule has 4 nitrogen and oxygen atoms in total. The molecule has 0 radical (unpaired) electrons. The van der Waals surface area contributed by atoms with E-state index in [2.05, 4.69) is 11.4 Å². The van der Waals surface area contributed by atoms with Crippen LogP contribution >= 0.6 is 0 Å². The normalized spacial score (nSPS) is 19.1. The van der Waals surface area contributed by atoms with Crippen LogP contribution in [0.5, 0.6) is 5.75 Å². The first kappa shape index (κ1) is 13.9. The Labute approximate surface area is 114 Å². The lowest BCUT2D eigenvalue weighted by Crippen LogP contribution is -2.50. The van der Waals surface area contributed by atoms with Crippen LogP contribution in [0.2, 0.25) is 0 Å². The molecule has 0 bridgehead atoms. The molecular weight excluding hydrogens is 240 g/mol. The van der Waals surface area contributed by atoms with Gasteiger partial charge in [0, 0.05) is 5.56 Å². The Bertz CT molecular complexity index is 478. The number of fused-ring (bicyclic) bond motifs is 1. The fourth-order valence-corrected chi connectivity index (χ4v) is 2.19. The number of carbonyl (C=O) groups is 1. The van der Waals surface area contributed by atoms with Gasteiger partial charge in [0.1, 0.15) is 5.75 Å². The summed E-state index contributed by atoms with van der Waals surface area (Å²) < 4.78 is 5.72. The minimum Gasteiger partial charge on any atom is -0.493 e. The van der Waals surface area contributed by atoms with Crippen molar-refractivity contribution in [3.05, 3.63) is 29.3 Å². The maximum Gasteiger partial charge on any atom is 0.239 e. The first-order valence-electron chi connectivity index (χ1n) is 6.71. The second-order valence-electron chi connectivity index (χ2n) is 5.78. The van der Waals surface area contributed by atoms with E-state index in [9.17, 15) is 4.79 Å². The van der Waals surface area contributed by atoms with Crippen molar-refractivity contribution in [3.8, 4) is 5.75 Å². The van der Waals surface area contributed by atoms with Crippen LogP contribution in [0, 0.1) is 6.92 Å². The molecule has 0 fully saturated rings. The van der Waals surface area contributed by atoms with Crippen molar-refractivity contribution in [2.45, 2.75) is 45.2 Å². The predicted octanol–water partition coefficient (Wildman–Crippen LogP) is 2.06. The number of benzene rings is 1. The fourth-order valence-electron chi connectivity index (χ4n) is 2.19. The molecule has 104 valence electrons. The molecule has 1 heterocycles. The maximum absolute atomic E-state index is 12.1. The highest BCUT2D eigenvalue weighted by molar-refractivity contribution is 5.85. The number of nitrogens with two attached hydrogens (primary N) is 1. The first-order chi connectivity index (χ1) is 8.88. The van der Waals surface area contributed by atoms with Crippen LogP contribution < -0.4 is 15.8 Å². The summed E-state index contributed by atoms with van der Waals surface area (Å²) in [6.45, 7) is 6.16. The molecule has 1 atom stereocenters. The van der Waals surface area contributed by atoms with Gasteiger partial charge in [-0.15, -0.1) is 0 Å². The van der Waals surface area contributed by atoms with E-state index in [4.69, 9.17) is 10.5 Å². The zero-order valence-electron chi connectivity index (χ0n) is 11.8. The van der Waals surface area contributed by atoms with Crippen LogP contribution in [0.1, 0.15) is 43.9 Å². The Morgan fingerprint density at radius 2 is 2.21 bits per heavy atom. The summed E-state index contributed by atoms with van der Waals surface area (Å²) in [5.74, 6) is 0.732. The third-order valence-corrected chi connectivity index (χ3v) is 3.33. The van der Waals surface area contributed by atoms with Gasteiger partial charge in [0.25, 0.3) is 0 Å². The van der Waals surface area contributed by atoms with E-state index in [1.54, 1.807) is 13.8 Å². The molecule has 0 aromatic heterocycles. The Morgan fingerprint density at radius 1 is 1.47 bits per heavy atom. The van der Waals surface area contributed by atoms with Crippen LogP contribution in [0.3, 0.4) is 0 Å². The molecule has 1 aliphatic rings. The Hall–Kier alpha value is -1.55. The van der Waals surface area contributed by atoms with Gasteiger partial charge in [-0.1, -0.05) is 17.7 Å². The minimum atomic E-state index is -0.864. The topological polar surface area (TPSA) is 64.4 Å². The van der Waals surface area contributed by atoms with Gasteiger partial charge in [0.15, 0.2) is 0 Å². The Kier molecular flexibility index (Phi) is 3.80. The van der Waals surface area contributed by atoms with E-state index in [0.29, 0.717) is 6.61 Å². The molecule has 0 saturated heterocycles. The van der Waals surface area contributed by atoms with Crippen molar-refractivity contribution in [3.63, 3.8) is 0 Å². The molecule has 19 heavy (non-hydrogen) atoms. The monoisotopic (exact) mass is 262 g/mol. The second kappa shape index (κ2) is 5.21. The molecule has 1 unspecified atom stereocenters. The van der Waals surface area contributed by atoms with Gasteiger partial charge in [-0.3, -0.25) is 4.79 Å². The van der Waals surface area contributed by atoms with Crippen molar-refractivity contribution in [1.29, 1.82) is 0 Å². The van der Waals surface area contributed by atoms with Gasteiger partial charge in [-0.2, -0.15) is 0 Å². The zero-order chi connectivity index (χ0) is 14.0. The summed E-state index contributed by atoms with van der Waals surface area (Å²) in [7, 11) is 0. The predicted molar refractivity (Wildman–Crippen MR) is 75.1 cm³/mol. The average molecular weight is 262 g/mol. The number of amides is 1. The van der Waals surface area contributed by atoms with Crippen LogP contribution in [0.25, 0.3) is 0 Å². The SMILES string of the molecule is Cc1ccc2c(c1)C(NC(=O)C(C)(C)N)CCCO2. The molecule has 1 aromatic rings. The molecule has 1 aromatic carbocycles. The van der Waals surface area contributed by atoms with Crippen molar-refractivity contribution in [2.24, 2.45) is 5.73 Å². The summed E-state index contributed by atoms with van der Waals surface area (Å²) in [4.78, 5) is 12.1. The van der Waals surface area contributed by atoms with E-state index in [1.165, 1.54) is 0 Å². The minimum absolute atomic E-state index is 0.0206. The molecule has 4 heteroatoms. The van der Waals surface area contributed by atoms with Gasteiger partial charge >= 0.3 is 0 Å². The molecule has 0 aliphatic carbocycles. The molecule has 0 spiro atoms. The van der Waals surface area contributed by atoms with E-state index < -0.39 is 5.54 Å². The molecular formula is C15H22N2O2. The van der Waals surface area contributed by atoms with Crippen LogP contribution in [-0.4, -0.2) is 18.1 Å². The van der Waals surface area contributed by atoms with Crippen LogP contribution in [-0.2, 0) is 4.79 Å².